The van der Waals surface area contributed by atoms with Gasteiger partial charge in [-0.1, -0.05) is 46.3 Å². The first-order valence-corrected chi connectivity index (χ1v) is 11.5. The van der Waals surface area contributed by atoms with Crippen LogP contribution in [0.2, 0.25) is 0 Å². The van der Waals surface area contributed by atoms with E-state index < -0.39 is 12.0 Å². The van der Waals surface area contributed by atoms with Gasteiger partial charge in [0, 0.05) is 8.95 Å². The van der Waals surface area contributed by atoms with Crippen LogP contribution in [0.3, 0.4) is 0 Å². The highest BCUT2D eigenvalue weighted by atomic mass is 79.9. The Morgan fingerprint density at radius 3 is 2.31 bits per heavy atom. The predicted molar refractivity (Wildman–Crippen MR) is 128 cm³/mol. The monoisotopic (exact) mass is 553 g/mol. The number of hydrazone groups is 1. The molecule has 2 unspecified atom stereocenters. The van der Waals surface area contributed by atoms with Crippen LogP contribution < -0.4 is 5.01 Å². The lowest BCUT2D eigenvalue weighted by molar-refractivity contribution is -0.139. The molecule has 1 N–H and O–H groups in total. The van der Waals surface area contributed by atoms with Crippen LogP contribution in [0.15, 0.2) is 86.8 Å². The van der Waals surface area contributed by atoms with Crippen LogP contribution >= 0.6 is 31.9 Å². The number of nitrogens with zero attached hydrogens (tertiary/aromatic N) is 3. The maximum Gasteiger partial charge on any atom is 0.255 e. The molecule has 2 atom stereocenters. The molecular formula is C24H17Br2N3O3. The molecule has 3 aromatic rings. The van der Waals surface area contributed by atoms with Crippen LogP contribution in [0.25, 0.3) is 0 Å². The normalized spacial score (nSPS) is 20.0. The fourth-order valence-electron chi connectivity index (χ4n) is 4.13. The number of carbonyl (C=O) groups is 2. The summed E-state index contributed by atoms with van der Waals surface area (Å²) in [5, 5.41) is 16.1. The zero-order valence-electron chi connectivity index (χ0n) is 16.7. The number of anilines is 1. The molecule has 3 aromatic carbocycles. The van der Waals surface area contributed by atoms with Crippen LogP contribution in [-0.4, -0.2) is 33.6 Å². The van der Waals surface area contributed by atoms with Crippen molar-refractivity contribution in [2.24, 2.45) is 11.0 Å². The first-order chi connectivity index (χ1) is 15.4. The number of hydrogen-bond acceptors (Lipinski definition) is 5. The van der Waals surface area contributed by atoms with Crippen molar-refractivity contribution in [1.82, 2.24) is 4.90 Å². The van der Waals surface area contributed by atoms with Crippen molar-refractivity contribution >= 4 is 55.1 Å². The molecule has 0 bridgehead atoms. The summed E-state index contributed by atoms with van der Waals surface area (Å²) in [6.45, 7) is 0.212. The number of phenols is 1. The molecule has 0 radical (unpaired) electrons. The number of carbonyl (C=O) groups excluding carboxylic acids is 2. The largest absolute Gasteiger partial charge is 0.508 e. The second kappa shape index (κ2) is 8.18. The van der Waals surface area contributed by atoms with Crippen molar-refractivity contribution in [2.45, 2.75) is 12.6 Å². The number of rotatable bonds is 4. The Balaban J connectivity index is 1.59. The van der Waals surface area contributed by atoms with Gasteiger partial charge in [-0.25, -0.2) is 0 Å². The van der Waals surface area contributed by atoms with Gasteiger partial charge >= 0.3 is 0 Å². The average molecular weight is 555 g/mol. The van der Waals surface area contributed by atoms with Crippen molar-refractivity contribution in [2.75, 3.05) is 5.01 Å². The van der Waals surface area contributed by atoms with Gasteiger partial charge in [-0.3, -0.25) is 19.5 Å². The number of halogens is 2. The van der Waals surface area contributed by atoms with E-state index in [1.807, 2.05) is 48.5 Å². The summed E-state index contributed by atoms with van der Waals surface area (Å²) in [7, 11) is 0. The number of benzene rings is 3. The number of fused-ring (bicyclic) bond motifs is 1. The highest BCUT2D eigenvalue weighted by Gasteiger charge is 2.57. The molecule has 0 aliphatic carbocycles. The second-order valence-electron chi connectivity index (χ2n) is 7.64. The first kappa shape index (κ1) is 20.9. The lowest BCUT2D eigenvalue weighted by atomic mass is 9.93. The van der Waals surface area contributed by atoms with Crippen LogP contribution in [0.1, 0.15) is 11.1 Å². The molecule has 2 amide bonds. The Hall–Kier alpha value is -2.97. The molecule has 5 rings (SSSR count). The Bertz CT molecular complexity index is 1250. The van der Waals surface area contributed by atoms with Gasteiger partial charge in [0.25, 0.3) is 5.91 Å². The highest BCUT2D eigenvalue weighted by Crippen LogP contribution is 2.41. The molecule has 2 aliphatic rings. The maximum absolute atomic E-state index is 13.5. The van der Waals surface area contributed by atoms with Crippen LogP contribution in [0.4, 0.5) is 5.69 Å². The van der Waals surface area contributed by atoms with E-state index in [0.717, 1.165) is 14.5 Å². The lowest BCUT2D eigenvalue weighted by Crippen LogP contribution is -2.39. The number of hydrogen-bond donors (Lipinski definition) is 1. The summed E-state index contributed by atoms with van der Waals surface area (Å²) in [6.07, 6.45) is 0. The van der Waals surface area contributed by atoms with E-state index in [9.17, 15) is 14.7 Å². The van der Waals surface area contributed by atoms with Crippen LogP contribution in [-0.2, 0) is 16.1 Å². The van der Waals surface area contributed by atoms with E-state index in [-0.39, 0.29) is 24.1 Å². The van der Waals surface area contributed by atoms with Gasteiger partial charge in [-0.05, 0) is 69.5 Å². The zero-order chi connectivity index (χ0) is 22.4. The molecule has 8 heteroatoms. The molecule has 0 spiro atoms. The standard InChI is InChI=1S/C24H17Br2N3O3/c25-16-8-11-19(18(26)12-16)29-22-20(21(27-29)15-6-9-17(30)10-7-15)23(31)28(24(22)32)13-14-4-2-1-3-5-14/h1-12,20,22,30H,13H2. The maximum atomic E-state index is 13.5. The van der Waals surface area contributed by atoms with E-state index >= 15 is 0 Å². The number of likely N-dealkylation sites (tertiary alicyclic amines) is 1. The molecule has 1 saturated heterocycles. The SMILES string of the molecule is O=C1C2C(c3ccc(O)cc3)=NN(c3ccc(Br)cc3Br)C2C(=O)N1Cc1ccccc1. The summed E-state index contributed by atoms with van der Waals surface area (Å²) >= 11 is 7.01. The van der Waals surface area contributed by atoms with Crippen molar-refractivity contribution in [3.63, 3.8) is 0 Å². The van der Waals surface area contributed by atoms with Gasteiger partial charge in [-0.2, -0.15) is 5.10 Å². The van der Waals surface area contributed by atoms with Crippen LogP contribution in [0, 0.1) is 5.92 Å². The third-order valence-electron chi connectivity index (χ3n) is 5.64. The minimum absolute atomic E-state index is 0.121. The molecule has 0 saturated carbocycles. The van der Waals surface area contributed by atoms with Gasteiger partial charge in [0.05, 0.1) is 17.9 Å². The van der Waals surface area contributed by atoms with Gasteiger partial charge < -0.3 is 5.11 Å². The molecular weight excluding hydrogens is 538 g/mol. The molecule has 32 heavy (non-hydrogen) atoms. The third kappa shape index (κ3) is 3.53. The average Bonchev–Trinajstić information content (AvgIpc) is 3.28. The number of phenolic OH excluding ortho intramolecular Hbond substituents is 1. The summed E-state index contributed by atoms with van der Waals surface area (Å²) in [6, 6.07) is 20.8. The van der Waals surface area contributed by atoms with E-state index in [0.29, 0.717) is 17.0 Å². The molecule has 2 heterocycles. The Morgan fingerprint density at radius 2 is 1.62 bits per heavy atom. The van der Waals surface area contributed by atoms with Gasteiger partial charge in [-0.15, -0.1) is 0 Å². The first-order valence-electron chi connectivity index (χ1n) is 9.95. The summed E-state index contributed by atoms with van der Waals surface area (Å²) < 4.78 is 1.63. The third-order valence-corrected chi connectivity index (χ3v) is 6.77. The Labute approximate surface area is 201 Å². The van der Waals surface area contributed by atoms with E-state index in [2.05, 4.69) is 31.9 Å². The summed E-state index contributed by atoms with van der Waals surface area (Å²) in [5.41, 5.74) is 2.78. The molecule has 2 aliphatic heterocycles. The van der Waals surface area contributed by atoms with Gasteiger partial charge in [0.15, 0.2) is 0 Å². The zero-order valence-corrected chi connectivity index (χ0v) is 19.8. The molecule has 6 nitrogen and oxygen atoms in total. The summed E-state index contributed by atoms with van der Waals surface area (Å²) in [5.74, 6) is -1.16. The minimum atomic E-state index is -0.771. The quantitative estimate of drug-likeness (QED) is 0.475. The topological polar surface area (TPSA) is 73.2 Å². The Morgan fingerprint density at radius 1 is 0.906 bits per heavy atom. The van der Waals surface area contributed by atoms with Crippen molar-refractivity contribution < 1.29 is 14.7 Å². The van der Waals surface area contributed by atoms with Crippen molar-refractivity contribution in [3.8, 4) is 5.75 Å². The fourth-order valence-corrected chi connectivity index (χ4v) is 5.36. The second-order valence-corrected chi connectivity index (χ2v) is 9.41. The highest BCUT2D eigenvalue weighted by molar-refractivity contribution is 9.11. The smallest absolute Gasteiger partial charge is 0.255 e. The van der Waals surface area contributed by atoms with Crippen molar-refractivity contribution in [1.29, 1.82) is 0 Å². The van der Waals surface area contributed by atoms with E-state index in [4.69, 9.17) is 5.10 Å². The van der Waals surface area contributed by atoms with Crippen LogP contribution in [0.5, 0.6) is 5.75 Å². The minimum Gasteiger partial charge on any atom is -0.508 e. The molecule has 160 valence electrons. The van der Waals surface area contributed by atoms with Crippen molar-refractivity contribution in [3.05, 3.63) is 92.9 Å². The predicted octanol–water partition coefficient (Wildman–Crippen LogP) is 4.70. The number of aromatic hydroxyl groups is 1. The van der Waals surface area contributed by atoms with E-state index in [1.54, 1.807) is 29.3 Å². The fraction of sp³-hybridized carbons (Fsp3) is 0.125. The molecule has 0 aromatic heterocycles. The van der Waals surface area contributed by atoms with Gasteiger partial charge in [0.2, 0.25) is 5.91 Å². The van der Waals surface area contributed by atoms with Gasteiger partial charge in [0.1, 0.15) is 17.7 Å². The summed E-state index contributed by atoms with van der Waals surface area (Å²) in [4.78, 5) is 28.3. The lowest BCUT2D eigenvalue weighted by Gasteiger charge is -2.23. The molecule has 1 fully saturated rings. The number of imide groups is 1. The number of amides is 2. The van der Waals surface area contributed by atoms with E-state index in [1.165, 1.54) is 4.90 Å². The Kier molecular flexibility index (Phi) is 5.35.